The molecule has 12 nitrogen and oxygen atoms in total. The molecule has 0 saturated heterocycles. The Kier molecular flexibility index (Phi) is 3.96. The third kappa shape index (κ3) is 3.06. The number of nitrogens with one attached hydrogen (secondary N) is 3. The van der Waals surface area contributed by atoms with E-state index in [4.69, 9.17) is 9.15 Å². The van der Waals surface area contributed by atoms with Crippen molar-refractivity contribution in [2.45, 2.75) is 32.0 Å². The van der Waals surface area contributed by atoms with Crippen LogP contribution in [0.4, 0.5) is 5.69 Å². The molecule has 1 unspecified atom stereocenters. The minimum Gasteiger partial charge on any atom is -0.390 e. The first-order chi connectivity index (χ1) is 12.9. The van der Waals surface area contributed by atoms with E-state index in [1.54, 1.807) is 0 Å². The van der Waals surface area contributed by atoms with Crippen LogP contribution in [0.5, 0.6) is 0 Å². The first kappa shape index (κ1) is 16.9. The molecule has 2 aromatic heterocycles. The Hall–Kier alpha value is -3.54. The fourth-order valence-electron chi connectivity index (χ4n) is 3.31. The summed E-state index contributed by atoms with van der Waals surface area (Å²) in [6.07, 6.45) is 0.809. The highest BCUT2D eigenvalue weighted by molar-refractivity contribution is 5.83. The van der Waals surface area contributed by atoms with Gasteiger partial charge in [-0.25, -0.2) is 9.89 Å². The lowest BCUT2D eigenvalue weighted by molar-refractivity contribution is -0.385. The van der Waals surface area contributed by atoms with Crippen LogP contribution in [0.1, 0.15) is 23.4 Å². The Balaban J connectivity index is 1.72. The van der Waals surface area contributed by atoms with Crippen molar-refractivity contribution in [3.8, 4) is 0 Å². The molecule has 0 fully saturated rings. The van der Waals surface area contributed by atoms with E-state index < -0.39 is 21.8 Å². The topological polar surface area (TPSA) is 177 Å². The smallest absolute Gasteiger partial charge is 0.390 e. The van der Waals surface area contributed by atoms with Gasteiger partial charge in [-0.1, -0.05) is 0 Å². The molecule has 3 aromatic rings. The zero-order valence-electron chi connectivity index (χ0n) is 13.7. The van der Waals surface area contributed by atoms with Crippen molar-refractivity contribution in [2.75, 3.05) is 0 Å². The lowest BCUT2D eigenvalue weighted by atomic mass is 9.87. The van der Waals surface area contributed by atoms with E-state index in [1.165, 1.54) is 6.07 Å². The molecule has 27 heavy (non-hydrogen) atoms. The number of nitro benzene ring substituents is 1. The van der Waals surface area contributed by atoms with Crippen LogP contribution >= 0.6 is 0 Å². The van der Waals surface area contributed by atoms with Crippen LogP contribution in [0.15, 0.2) is 24.9 Å². The molecule has 0 spiro atoms. The first-order valence-electron chi connectivity index (χ1n) is 8.04. The minimum atomic E-state index is -0.881. The molecule has 140 valence electrons. The molecular formula is C15H13N5O7. The van der Waals surface area contributed by atoms with E-state index in [2.05, 4.69) is 20.2 Å². The normalized spacial score (nSPS) is 16.4. The van der Waals surface area contributed by atoms with Gasteiger partial charge < -0.3 is 19.1 Å². The van der Waals surface area contributed by atoms with E-state index in [9.17, 15) is 24.5 Å². The quantitative estimate of drug-likeness (QED) is 0.321. The number of H-pyrrole nitrogens is 3. The van der Waals surface area contributed by atoms with Gasteiger partial charge in [0.05, 0.1) is 22.1 Å². The third-order valence-corrected chi connectivity index (χ3v) is 4.49. The average molecular weight is 375 g/mol. The number of hydrogen-bond donors (Lipinski definition) is 3. The average Bonchev–Trinajstić information content (AvgIpc) is 3.05. The number of rotatable bonds is 4. The number of fused-ring (bicyclic) bond motifs is 3. The summed E-state index contributed by atoms with van der Waals surface area (Å²) in [7, 11) is 0. The highest BCUT2D eigenvalue weighted by atomic mass is 16.6. The highest BCUT2D eigenvalue weighted by Crippen LogP contribution is 2.34. The van der Waals surface area contributed by atoms with E-state index in [0.717, 1.165) is 0 Å². The van der Waals surface area contributed by atoms with Crippen molar-refractivity contribution in [1.82, 2.24) is 20.2 Å². The molecule has 0 aliphatic heterocycles. The minimum absolute atomic E-state index is 0.0427. The monoisotopic (exact) mass is 375 g/mol. The van der Waals surface area contributed by atoms with Gasteiger partial charge in [-0.2, -0.15) is 0 Å². The van der Waals surface area contributed by atoms with Gasteiger partial charge >= 0.3 is 16.9 Å². The van der Waals surface area contributed by atoms with Gasteiger partial charge in [0.1, 0.15) is 6.61 Å². The number of nitro groups is 1. The standard InChI is InChI=1S/C15H13N5O7/c21-13-14(22)17-12-8-3-6(26-5-11-18-19-15(23)27-11)1-2-7(8)10(20(24)25)4-9(12)16-13/h4,6H,1-3,5H2,(H,16,21)(H,17,22)(H,19,23). The Bertz CT molecular complexity index is 1220. The molecule has 1 aliphatic rings. The third-order valence-electron chi connectivity index (χ3n) is 4.49. The summed E-state index contributed by atoms with van der Waals surface area (Å²) >= 11 is 0. The molecule has 12 heteroatoms. The molecule has 1 aliphatic carbocycles. The molecule has 1 aromatic carbocycles. The van der Waals surface area contributed by atoms with Crippen molar-refractivity contribution in [1.29, 1.82) is 0 Å². The molecule has 0 bridgehead atoms. The second-order valence-electron chi connectivity index (χ2n) is 6.12. The molecule has 2 heterocycles. The number of nitrogens with zero attached hydrogens (tertiary/aromatic N) is 2. The van der Waals surface area contributed by atoms with E-state index in [-0.39, 0.29) is 36.2 Å². The number of ether oxygens (including phenoxy) is 1. The van der Waals surface area contributed by atoms with Gasteiger partial charge in [-0.05, 0) is 18.4 Å². The number of hydrogen-bond acceptors (Lipinski definition) is 8. The maximum absolute atomic E-state index is 11.7. The van der Waals surface area contributed by atoms with Crippen molar-refractivity contribution in [3.63, 3.8) is 0 Å². The van der Waals surface area contributed by atoms with E-state index in [0.29, 0.717) is 29.5 Å². The predicted molar refractivity (Wildman–Crippen MR) is 89.6 cm³/mol. The van der Waals surface area contributed by atoms with Crippen LogP contribution in [0.2, 0.25) is 0 Å². The number of aromatic nitrogens is 4. The molecule has 4 rings (SSSR count). The highest BCUT2D eigenvalue weighted by Gasteiger charge is 2.29. The summed E-state index contributed by atoms with van der Waals surface area (Å²) in [5.41, 5.74) is -0.247. The van der Waals surface area contributed by atoms with Crippen molar-refractivity contribution >= 4 is 16.7 Å². The maximum Gasteiger partial charge on any atom is 0.434 e. The van der Waals surface area contributed by atoms with E-state index in [1.807, 2.05) is 0 Å². The Morgan fingerprint density at radius 3 is 2.74 bits per heavy atom. The summed E-state index contributed by atoms with van der Waals surface area (Å²) in [4.78, 5) is 50.0. The van der Waals surface area contributed by atoms with Gasteiger partial charge in [0.2, 0.25) is 5.89 Å². The van der Waals surface area contributed by atoms with Crippen LogP contribution in [0.25, 0.3) is 11.0 Å². The fraction of sp³-hybridized carbons (Fsp3) is 0.333. The van der Waals surface area contributed by atoms with Gasteiger partial charge in [-0.15, -0.1) is 5.10 Å². The molecule has 3 N–H and O–H groups in total. The van der Waals surface area contributed by atoms with Crippen LogP contribution in [-0.2, 0) is 24.2 Å². The molecule has 1 atom stereocenters. The largest absolute Gasteiger partial charge is 0.434 e. The van der Waals surface area contributed by atoms with Gasteiger partial charge in [0, 0.05) is 18.1 Å². The lowest BCUT2D eigenvalue weighted by Gasteiger charge is -2.25. The zero-order valence-corrected chi connectivity index (χ0v) is 13.7. The SMILES string of the molecule is O=c1[nH]nc(COC2CCc3c([N+](=O)[O-])cc4[nH]c(=O)c(=O)[nH]c4c3C2)o1. The van der Waals surface area contributed by atoms with Gasteiger partial charge in [0.15, 0.2) is 0 Å². The molecular weight excluding hydrogens is 362 g/mol. The molecule has 0 saturated carbocycles. The van der Waals surface area contributed by atoms with E-state index >= 15 is 0 Å². The van der Waals surface area contributed by atoms with Crippen LogP contribution < -0.4 is 16.9 Å². The number of benzene rings is 1. The van der Waals surface area contributed by atoms with Crippen molar-refractivity contribution < 1.29 is 14.1 Å². The van der Waals surface area contributed by atoms with Crippen LogP contribution in [-0.4, -0.2) is 31.2 Å². The van der Waals surface area contributed by atoms with Crippen LogP contribution in [0.3, 0.4) is 0 Å². The van der Waals surface area contributed by atoms with Gasteiger partial charge in [0.25, 0.3) is 5.69 Å². The summed E-state index contributed by atoms with van der Waals surface area (Å²) in [5.74, 6) is -0.599. The Labute approximate surface area is 148 Å². The molecule has 0 amide bonds. The summed E-state index contributed by atoms with van der Waals surface area (Å²) in [6, 6.07) is 1.26. The lowest BCUT2D eigenvalue weighted by Crippen LogP contribution is -2.31. The van der Waals surface area contributed by atoms with Gasteiger partial charge in [-0.3, -0.25) is 19.7 Å². The Morgan fingerprint density at radius 2 is 2.04 bits per heavy atom. The summed E-state index contributed by atoms with van der Waals surface area (Å²) in [6.45, 7) is -0.0427. The zero-order chi connectivity index (χ0) is 19.1. The van der Waals surface area contributed by atoms with Crippen molar-refractivity contribution in [2.24, 2.45) is 0 Å². The van der Waals surface area contributed by atoms with Crippen molar-refractivity contribution in [3.05, 3.63) is 64.5 Å². The molecule has 0 radical (unpaired) electrons. The first-order valence-corrected chi connectivity index (χ1v) is 8.04. The fourth-order valence-corrected chi connectivity index (χ4v) is 3.31. The second kappa shape index (κ2) is 6.32. The maximum atomic E-state index is 11.7. The second-order valence-corrected chi connectivity index (χ2v) is 6.12. The number of aromatic amines is 3. The summed E-state index contributed by atoms with van der Waals surface area (Å²) in [5, 5.41) is 17.2. The predicted octanol–water partition coefficient (Wildman–Crippen LogP) is -0.125. The van der Waals surface area contributed by atoms with Crippen LogP contribution in [0, 0.1) is 10.1 Å². The Morgan fingerprint density at radius 1 is 1.26 bits per heavy atom. The summed E-state index contributed by atoms with van der Waals surface area (Å²) < 4.78 is 10.5.